The summed E-state index contributed by atoms with van der Waals surface area (Å²) in [4.78, 5) is 11.1. The molecule has 1 spiro atoms. The van der Waals surface area contributed by atoms with E-state index in [0.29, 0.717) is 25.4 Å². The maximum atomic E-state index is 12.4. The van der Waals surface area contributed by atoms with Gasteiger partial charge in [-0.15, -0.1) is 0 Å². The minimum absolute atomic E-state index is 0.250. The van der Waals surface area contributed by atoms with Crippen LogP contribution in [0.1, 0.15) is 38.5 Å². The molecule has 1 saturated heterocycles. The van der Waals surface area contributed by atoms with E-state index in [1.807, 2.05) is 0 Å². The van der Waals surface area contributed by atoms with Crippen molar-refractivity contribution in [2.45, 2.75) is 56.4 Å². The average Bonchev–Trinajstić information content (AvgIpc) is 2.92. The summed E-state index contributed by atoms with van der Waals surface area (Å²) in [6, 6.07) is 0. The lowest BCUT2D eigenvalue weighted by Crippen LogP contribution is -2.53. The number of hydrogen-bond donors (Lipinski definition) is 0. The molecule has 0 aromatic carbocycles. The summed E-state index contributed by atoms with van der Waals surface area (Å²) in [5.74, 6) is -1.45. The highest BCUT2D eigenvalue weighted by atomic mass is 19.4. The lowest BCUT2D eigenvalue weighted by molar-refractivity contribution is -0.225. The highest BCUT2D eigenvalue weighted by Gasteiger charge is 2.58. The minimum atomic E-state index is -4.92. The second kappa shape index (κ2) is 4.36. The Morgan fingerprint density at radius 2 is 2.05 bits per heavy atom. The van der Waals surface area contributed by atoms with Crippen molar-refractivity contribution < 1.29 is 27.4 Å². The number of rotatable bonds is 1. The number of fused-ring (bicyclic) bond motifs is 3. The van der Waals surface area contributed by atoms with Crippen molar-refractivity contribution in [3.05, 3.63) is 0 Å². The van der Waals surface area contributed by atoms with Crippen LogP contribution in [0.5, 0.6) is 0 Å². The van der Waals surface area contributed by atoms with Crippen molar-refractivity contribution >= 4 is 5.97 Å². The number of carbonyl (C=O) groups is 1. The summed E-state index contributed by atoms with van der Waals surface area (Å²) in [6.07, 6.45) is -0.605. The monoisotopic (exact) mass is 278 g/mol. The molecule has 2 saturated carbocycles. The second-order valence-corrected chi connectivity index (χ2v) is 5.91. The molecule has 1 heterocycles. The molecular weight excluding hydrogens is 261 g/mol. The molecule has 3 nitrogen and oxygen atoms in total. The van der Waals surface area contributed by atoms with E-state index in [1.165, 1.54) is 0 Å². The first-order valence-electron chi connectivity index (χ1n) is 6.83. The van der Waals surface area contributed by atoms with Crippen molar-refractivity contribution in [3.8, 4) is 0 Å². The van der Waals surface area contributed by atoms with Crippen LogP contribution in [0.2, 0.25) is 0 Å². The Kier molecular flexibility index (Phi) is 3.04. The first kappa shape index (κ1) is 13.2. The van der Waals surface area contributed by atoms with Crippen LogP contribution in [-0.4, -0.2) is 30.5 Å². The standard InChI is InChI=1S/C13H17F3O3/c14-13(15,16)11(17)19-10-7-8-2-3-9(6-8)12(10)4-1-5-18-12/h8-10H,1-7H2/t8-,9+,10-,12-/m1/s1. The Morgan fingerprint density at radius 3 is 2.68 bits per heavy atom. The zero-order valence-corrected chi connectivity index (χ0v) is 10.5. The average molecular weight is 278 g/mol. The van der Waals surface area contributed by atoms with E-state index in [0.717, 1.165) is 25.7 Å². The molecule has 1 aliphatic heterocycles. The lowest BCUT2D eigenvalue weighted by Gasteiger charge is -2.44. The Balaban J connectivity index is 1.80. The van der Waals surface area contributed by atoms with Crippen LogP contribution in [0.25, 0.3) is 0 Å². The Labute approximate surface area is 109 Å². The zero-order valence-electron chi connectivity index (χ0n) is 10.5. The normalized spacial score (nSPS) is 41.7. The van der Waals surface area contributed by atoms with Gasteiger partial charge in [0.15, 0.2) is 0 Å². The van der Waals surface area contributed by atoms with Gasteiger partial charge in [-0.3, -0.25) is 0 Å². The molecule has 108 valence electrons. The second-order valence-electron chi connectivity index (χ2n) is 5.91. The lowest BCUT2D eigenvalue weighted by atomic mass is 9.72. The first-order valence-corrected chi connectivity index (χ1v) is 6.83. The van der Waals surface area contributed by atoms with Gasteiger partial charge in [0.25, 0.3) is 0 Å². The fourth-order valence-corrected chi connectivity index (χ4v) is 4.10. The molecule has 2 bridgehead atoms. The highest BCUT2D eigenvalue weighted by molar-refractivity contribution is 5.75. The third kappa shape index (κ3) is 2.14. The molecule has 0 N–H and O–H groups in total. The van der Waals surface area contributed by atoms with Crippen LogP contribution < -0.4 is 0 Å². The smallest absolute Gasteiger partial charge is 0.453 e. The number of carbonyl (C=O) groups excluding carboxylic acids is 1. The molecule has 0 unspecified atom stereocenters. The van der Waals surface area contributed by atoms with Crippen LogP contribution in [0.3, 0.4) is 0 Å². The van der Waals surface area contributed by atoms with Crippen LogP contribution in [0.4, 0.5) is 13.2 Å². The Morgan fingerprint density at radius 1 is 1.26 bits per heavy atom. The van der Waals surface area contributed by atoms with Gasteiger partial charge in [-0.05, 0) is 50.4 Å². The van der Waals surface area contributed by atoms with Crippen LogP contribution in [-0.2, 0) is 14.3 Å². The van der Waals surface area contributed by atoms with E-state index in [1.54, 1.807) is 0 Å². The Bertz CT molecular complexity index is 374. The highest BCUT2D eigenvalue weighted by Crippen LogP contribution is 2.54. The van der Waals surface area contributed by atoms with Gasteiger partial charge < -0.3 is 9.47 Å². The van der Waals surface area contributed by atoms with Crippen molar-refractivity contribution in [2.75, 3.05) is 6.61 Å². The predicted octanol–water partition coefficient (Wildman–Crippen LogP) is 2.83. The first-order chi connectivity index (χ1) is 8.92. The van der Waals surface area contributed by atoms with Crippen molar-refractivity contribution in [1.29, 1.82) is 0 Å². The largest absolute Gasteiger partial charge is 0.490 e. The van der Waals surface area contributed by atoms with Gasteiger partial charge in [0.05, 0.1) is 0 Å². The summed E-state index contributed by atoms with van der Waals surface area (Å²) in [5.41, 5.74) is -0.645. The number of halogens is 3. The molecule has 3 fully saturated rings. The van der Waals surface area contributed by atoms with Crippen LogP contribution >= 0.6 is 0 Å². The molecule has 2 aliphatic carbocycles. The summed E-state index contributed by atoms with van der Waals surface area (Å²) in [6.45, 7) is 0.557. The number of esters is 1. The van der Waals surface area contributed by atoms with E-state index in [9.17, 15) is 18.0 Å². The minimum Gasteiger partial charge on any atom is -0.453 e. The summed E-state index contributed by atoms with van der Waals surface area (Å²) < 4.78 is 47.7. The Hall–Kier alpha value is -0.780. The van der Waals surface area contributed by atoms with E-state index < -0.39 is 23.9 Å². The van der Waals surface area contributed by atoms with Gasteiger partial charge in [-0.25, -0.2) is 4.79 Å². The van der Waals surface area contributed by atoms with E-state index in [2.05, 4.69) is 0 Å². The van der Waals surface area contributed by atoms with Gasteiger partial charge >= 0.3 is 12.1 Å². The maximum Gasteiger partial charge on any atom is 0.490 e. The third-order valence-corrected chi connectivity index (χ3v) is 4.89. The predicted molar refractivity (Wildman–Crippen MR) is 59.3 cm³/mol. The van der Waals surface area contributed by atoms with Gasteiger partial charge in [0.1, 0.15) is 11.7 Å². The molecule has 4 atom stereocenters. The van der Waals surface area contributed by atoms with Gasteiger partial charge in [0.2, 0.25) is 0 Å². The SMILES string of the molecule is O=C(O[C@@H]1C[C@@H]2CC[C@@H](C2)[C@]12CCCO2)C(F)(F)F. The third-order valence-electron chi connectivity index (χ3n) is 4.89. The topological polar surface area (TPSA) is 35.5 Å². The van der Waals surface area contributed by atoms with Crippen LogP contribution in [0, 0.1) is 11.8 Å². The van der Waals surface area contributed by atoms with Crippen molar-refractivity contribution in [1.82, 2.24) is 0 Å². The molecule has 0 aromatic heterocycles. The van der Waals surface area contributed by atoms with Gasteiger partial charge in [-0.1, -0.05) is 0 Å². The summed E-state index contributed by atoms with van der Waals surface area (Å²) in [5, 5.41) is 0. The van der Waals surface area contributed by atoms with Crippen LogP contribution in [0.15, 0.2) is 0 Å². The van der Waals surface area contributed by atoms with Gasteiger partial charge in [0, 0.05) is 6.61 Å². The number of ether oxygens (including phenoxy) is 2. The van der Waals surface area contributed by atoms with Gasteiger partial charge in [-0.2, -0.15) is 13.2 Å². The number of alkyl halides is 3. The molecule has 0 radical (unpaired) electrons. The molecule has 0 aromatic rings. The van der Waals surface area contributed by atoms with Crippen molar-refractivity contribution in [2.24, 2.45) is 11.8 Å². The summed E-state index contributed by atoms with van der Waals surface area (Å²) in [7, 11) is 0. The molecule has 0 amide bonds. The number of hydrogen-bond acceptors (Lipinski definition) is 3. The van der Waals surface area contributed by atoms with Crippen molar-refractivity contribution in [3.63, 3.8) is 0 Å². The fraction of sp³-hybridized carbons (Fsp3) is 0.923. The quantitative estimate of drug-likeness (QED) is 0.692. The maximum absolute atomic E-state index is 12.4. The molecule has 6 heteroatoms. The van der Waals surface area contributed by atoms with E-state index in [-0.39, 0.29) is 5.92 Å². The molecule has 3 aliphatic rings. The molecule has 3 rings (SSSR count). The zero-order chi connectivity index (χ0) is 13.7. The van der Waals surface area contributed by atoms with E-state index in [4.69, 9.17) is 9.47 Å². The molecular formula is C13H17F3O3. The fourth-order valence-electron chi connectivity index (χ4n) is 4.10. The van der Waals surface area contributed by atoms with E-state index >= 15 is 0 Å². The summed E-state index contributed by atoms with van der Waals surface area (Å²) >= 11 is 0. The molecule has 19 heavy (non-hydrogen) atoms.